The van der Waals surface area contributed by atoms with E-state index in [2.05, 4.69) is 15.3 Å². The zero-order valence-corrected chi connectivity index (χ0v) is 14.6. The number of aromatic nitrogens is 2. The maximum atomic E-state index is 12.0. The highest BCUT2D eigenvalue weighted by Gasteiger charge is 2.17. The molecule has 3 N–H and O–H groups in total. The molecule has 1 amide bonds. The molecule has 0 bridgehead atoms. The van der Waals surface area contributed by atoms with Gasteiger partial charge in [0.15, 0.2) is 0 Å². The second-order valence-electron chi connectivity index (χ2n) is 4.99. The molecular formula is C15H9Cl2N3O4S. The lowest BCUT2D eigenvalue weighted by atomic mass is 10.1. The summed E-state index contributed by atoms with van der Waals surface area (Å²) < 4.78 is 0. The Labute approximate surface area is 154 Å². The second kappa shape index (κ2) is 6.83. The molecule has 0 aliphatic heterocycles. The number of nitrogens with one attached hydrogen (secondary N) is 2. The maximum Gasteiger partial charge on any atom is 0.341 e. The average Bonchev–Trinajstić information content (AvgIpc) is 3.09. The number of benzene rings is 1. The summed E-state index contributed by atoms with van der Waals surface area (Å²) in [7, 11) is 0. The van der Waals surface area contributed by atoms with Gasteiger partial charge in [0.25, 0.3) is 11.5 Å². The van der Waals surface area contributed by atoms with E-state index in [-0.39, 0.29) is 22.3 Å². The van der Waals surface area contributed by atoms with Gasteiger partial charge in [0, 0.05) is 22.9 Å². The van der Waals surface area contributed by atoms with Crippen LogP contribution in [-0.2, 0) is 6.54 Å². The molecule has 0 fully saturated rings. The SMILES string of the molecule is O=C(NCc1c(Cl)c(Cl)cc2cc(C(=O)O)c(=O)[nH]c12)c1cscn1. The van der Waals surface area contributed by atoms with Crippen LogP contribution in [-0.4, -0.2) is 27.0 Å². The van der Waals surface area contributed by atoms with E-state index in [0.717, 1.165) is 0 Å². The summed E-state index contributed by atoms with van der Waals surface area (Å²) in [5, 5.41) is 14.0. The quantitative estimate of drug-likeness (QED) is 0.626. The molecule has 0 aliphatic carbocycles. The van der Waals surface area contributed by atoms with Crippen molar-refractivity contribution in [1.29, 1.82) is 0 Å². The van der Waals surface area contributed by atoms with Crippen molar-refractivity contribution in [3.05, 3.63) is 60.2 Å². The van der Waals surface area contributed by atoms with Crippen molar-refractivity contribution < 1.29 is 14.7 Å². The van der Waals surface area contributed by atoms with Crippen LogP contribution in [0, 0.1) is 0 Å². The Bertz CT molecular complexity index is 1050. The molecule has 0 saturated carbocycles. The van der Waals surface area contributed by atoms with Gasteiger partial charge in [0.05, 0.1) is 21.1 Å². The standard InChI is InChI=1S/C15H9Cl2N3O4S/c16-9-2-6-1-7(15(23)24)13(21)20-12(6)8(11(9)17)3-18-14(22)10-4-25-5-19-10/h1-2,4-5H,3H2,(H,18,22)(H,20,21)(H,23,24). The highest BCUT2D eigenvalue weighted by Crippen LogP contribution is 2.32. The van der Waals surface area contributed by atoms with Gasteiger partial charge in [-0.3, -0.25) is 9.59 Å². The zero-order valence-electron chi connectivity index (χ0n) is 12.3. The molecule has 128 valence electrons. The number of thiazole rings is 1. The Morgan fingerprint density at radius 1 is 1.32 bits per heavy atom. The Morgan fingerprint density at radius 3 is 2.72 bits per heavy atom. The predicted octanol–water partition coefficient (Wildman–Crippen LogP) is 2.92. The van der Waals surface area contributed by atoms with Crippen molar-refractivity contribution in [3.63, 3.8) is 0 Å². The third kappa shape index (κ3) is 3.37. The van der Waals surface area contributed by atoms with Gasteiger partial charge < -0.3 is 15.4 Å². The van der Waals surface area contributed by atoms with Crippen LogP contribution < -0.4 is 10.9 Å². The topological polar surface area (TPSA) is 112 Å². The molecule has 3 aromatic rings. The smallest absolute Gasteiger partial charge is 0.341 e. The van der Waals surface area contributed by atoms with Gasteiger partial charge in [-0.05, 0) is 12.1 Å². The summed E-state index contributed by atoms with van der Waals surface area (Å²) in [6.07, 6.45) is 0. The molecule has 0 unspecified atom stereocenters. The highest BCUT2D eigenvalue weighted by molar-refractivity contribution is 7.07. The summed E-state index contributed by atoms with van der Waals surface area (Å²) in [5.41, 5.74) is 1.29. The number of fused-ring (bicyclic) bond motifs is 1. The molecule has 25 heavy (non-hydrogen) atoms. The lowest BCUT2D eigenvalue weighted by Crippen LogP contribution is -2.24. The van der Waals surface area contributed by atoms with Gasteiger partial charge in [-0.2, -0.15) is 0 Å². The molecule has 0 aliphatic rings. The van der Waals surface area contributed by atoms with Crippen molar-refractivity contribution in [3.8, 4) is 0 Å². The van der Waals surface area contributed by atoms with Gasteiger partial charge in [0.2, 0.25) is 0 Å². The van der Waals surface area contributed by atoms with Crippen LogP contribution >= 0.6 is 34.5 Å². The van der Waals surface area contributed by atoms with Crippen LogP contribution in [0.3, 0.4) is 0 Å². The summed E-state index contributed by atoms with van der Waals surface area (Å²) >= 11 is 13.6. The maximum absolute atomic E-state index is 12.0. The van der Waals surface area contributed by atoms with Gasteiger partial charge in [-0.25, -0.2) is 9.78 Å². The minimum atomic E-state index is -1.35. The number of aromatic amines is 1. The van der Waals surface area contributed by atoms with Crippen LogP contribution in [0.4, 0.5) is 0 Å². The van der Waals surface area contributed by atoms with E-state index in [1.807, 2.05) is 0 Å². The van der Waals surface area contributed by atoms with Crippen molar-refractivity contribution in [2.24, 2.45) is 0 Å². The van der Waals surface area contributed by atoms with E-state index >= 15 is 0 Å². The predicted molar refractivity (Wildman–Crippen MR) is 94.8 cm³/mol. The molecule has 7 nitrogen and oxygen atoms in total. The number of halogens is 2. The largest absolute Gasteiger partial charge is 0.477 e. The van der Waals surface area contributed by atoms with E-state index in [0.29, 0.717) is 16.5 Å². The fourth-order valence-electron chi connectivity index (χ4n) is 2.27. The number of hydrogen-bond donors (Lipinski definition) is 3. The molecule has 2 aromatic heterocycles. The molecule has 0 spiro atoms. The number of pyridine rings is 1. The summed E-state index contributed by atoms with van der Waals surface area (Å²) in [6, 6.07) is 2.66. The number of carbonyl (C=O) groups excluding carboxylic acids is 1. The van der Waals surface area contributed by atoms with Crippen molar-refractivity contribution in [2.75, 3.05) is 0 Å². The van der Waals surface area contributed by atoms with Gasteiger partial charge in [0.1, 0.15) is 11.3 Å². The Morgan fingerprint density at radius 2 is 2.08 bits per heavy atom. The first-order valence-corrected chi connectivity index (χ1v) is 8.52. The lowest BCUT2D eigenvalue weighted by molar-refractivity contribution is 0.0695. The van der Waals surface area contributed by atoms with Crippen molar-refractivity contribution in [1.82, 2.24) is 15.3 Å². The van der Waals surface area contributed by atoms with E-state index in [9.17, 15) is 14.4 Å². The number of hydrogen-bond acceptors (Lipinski definition) is 5. The second-order valence-corrected chi connectivity index (χ2v) is 6.49. The minimum absolute atomic E-state index is 0.0192. The third-order valence-electron chi connectivity index (χ3n) is 3.45. The summed E-state index contributed by atoms with van der Waals surface area (Å²) in [4.78, 5) is 41.5. The lowest BCUT2D eigenvalue weighted by Gasteiger charge is -2.12. The fourth-order valence-corrected chi connectivity index (χ4v) is 3.25. The van der Waals surface area contributed by atoms with Crippen LogP contribution in [0.25, 0.3) is 10.9 Å². The van der Waals surface area contributed by atoms with Gasteiger partial charge >= 0.3 is 5.97 Å². The van der Waals surface area contributed by atoms with E-state index < -0.39 is 23.0 Å². The molecular weight excluding hydrogens is 389 g/mol. The summed E-state index contributed by atoms with van der Waals surface area (Å²) in [6.45, 7) is -0.0192. The first kappa shape index (κ1) is 17.4. The van der Waals surface area contributed by atoms with Crippen LogP contribution in [0.5, 0.6) is 0 Å². The number of amides is 1. The first-order valence-electron chi connectivity index (χ1n) is 6.82. The van der Waals surface area contributed by atoms with Crippen LogP contribution in [0.1, 0.15) is 26.4 Å². The van der Waals surface area contributed by atoms with Gasteiger partial charge in [-0.15, -0.1) is 11.3 Å². The van der Waals surface area contributed by atoms with Crippen LogP contribution in [0.2, 0.25) is 10.0 Å². The Hall–Kier alpha value is -2.42. The highest BCUT2D eigenvalue weighted by atomic mass is 35.5. The number of carboxylic acids is 1. The van der Waals surface area contributed by atoms with E-state index in [4.69, 9.17) is 28.3 Å². The molecule has 0 saturated heterocycles. The third-order valence-corrected chi connectivity index (χ3v) is 4.86. The fraction of sp³-hybridized carbons (Fsp3) is 0.0667. The van der Waals surface area contributed by atoms with Gasteiger partial charge in [-0.1, -0.05) is 23.2 Å². The number of carbonyl (C=O) groups is 2. The molecule has 0 radical (unpaired) electrons. The number of H-pyrrole nitrogens is 1. The Kier molecular flexibility index (Phi) is 4.76. The van der Waals surface area contributed by atoms with E-state index in [1.54, 1.807) is 5.38 Å². The molecule has 0 atom stereocenters. The van der Waals surface area contributed by atoms with Crippen molar-refractivity contribution in [2.45, 2.75) is 6.54 Å². The number of rotatable bonds is 4. The minimum Gasteiger partial charge on any atom is -0.477 e. The molecule has 2 heterocycles. The Balaban J connectivity index is 2.05. The average molecular weight is 398 g/mol. The van der Waals surface area contributed by atoms with E-state index in [1.165, 1.54) is 29.0 Å². The molecule has 10 heteroatoms. The van der Waals surface area contributed by atoms with Crippen molar-refractivity contribution >= 4 is 57.3 Å². The summed E-state index contributed by atoms with van der Waals surface area (Å²) in [5.74, 6) is -1.76. The monoisotopic (exact) mass is 397 g/mol. The first-order chi connectivity index (χ1) is 11.9. The molecule has 1 aromatic carbocycles. The number of aromatic carboxylic acids is 1. The van der Waals surface area contributed by atoms with Crippen LogP contribution in [0.15, 0.2) is 27.8 Å². The molecule has 3 rings (SSSR count). The number of nitrogens with zero attached hydrogens (tertiary/aromatic N) is 1. The zero-order chi connectivity index (χ0) is 18.1. The number of carboxylic acid groups (broad SMARTS) is 1. The normalized spacial score (nSPS) is 10.8.